The van der Waals surface area contributed by atoms with Gasteiger partial charge in [-0.1, -0.05) is 57.8 Å². The molecule has 2 rings (SSSR count). The van der Waals surface area contributed by atoms with Crippen LogP contribution in [0.5, 0.6) is 0 Å². The summed E-state index contributed by atoms with van der Waals surface area (Å²) >= 11 is 0. The molecule has 1 aliphatic carbocycles. The SMILES string of the molecule is O=C(NC1CCCCCCCCCCC1)c1cc([N+](=O)[O-])cc([N+](=O)[O-])c1. The molecule has 0 bridgehead atoms. The number of carbonyl (C=O) groups excluding carboxylic acids is 1. The number of amides is 1. The molecule has 0 atom stereocenters. The van der Waals surface area contributed by atoms with Crippen LogP contribution in [-0.4, -0.2) is 21.8 Å². The lowest BCUT2D eigenvalue weighted by Crippen LogP contribution is -2.35. The number of hydrogen-bond donors (Lipinski definition) is 1. The fourth-order valence-electron chi connectivity index (χ4n) is 3.51. The topological polar surface area (TPSA) is 115 Å². The highest BCUT2D eigenvalue weighted by atomic mass is 16.6. The highest BCUT2D eigenvalue weighted by Crippen LogP contribution is 2.23. The maximum atomic E-state index is 12.6. The number of hydrogen-bond acceptors (Lipinski definition) is 5. The first-order valence-corrected chi connectivity index (χ1v) is 9.72. The highest BCUT2D eigenvalue weighted by molar-refractivity contribution is 5.95. The Morgan fingerprint density at radius 1 is 0.778 bits per heavy atom. The molecule has 0 radical (unpaired) electrons. The molecule has 1 fully saturated rings. The lowest BCUT2D eigenvalue weighted by atomic mass is 9.97. The lowest BCUT2D eigenvalue weighted by molar-refractivity contribution is -0.394. The van der Waals surface area contributed by atoms with E-state index in [1.807, 2.05) is 0 Å². The Balaban J connectivity index is 2.08. The second kappa shape index (κ2) is 10.6. The molecule has 0 aliphatic heterocycles. The lowest BCUT2D eigenvalue weighted by Gasteiger charge is -2.19. The van der Waals surface area contributed by atoms with Crippen LogP contribution in [0.15, 0.2) is 18.2 Å². The number of nitro benzene ring substituents is 2. The summed E-state index contributed by atoms with van der Waals surface area (Å²) in [6, 6.07) is 3.05. The fourth-order valence-corrected chi connectivity index (χ4v) is 3.51. The largest absolute Gasteiger partial charge is 0.349 e. The van der Waals surface area contributed by atoms with Gasteiger partial charge in [-0.2, -0.15) is 0 Å². The number of nitrogens with zero attached hydrogens (tertiary/aromatic N) is 2. The molecule has 8 heteroatoms. The third-order valence-electron chi connectivity index (χ3n) is 5.03. The Morgan fingerprint density at radius 2 is 1.19 bits per heavy atom. The average Bonchev–Trinajstić information content (AvgIpc) is 2.63. The van der Waals surface area contributed by atoms with Gasteiger partial charge in [0.15, 0.2) is 0 Å². The van der Waals surface area contributed by atoms with E-state index >= 15 is 0 Å². The van der Waals surface area contributed by atoms with Crippen molar-refractivity contribution in [1.29, 1.82) is 0 Å². The summed E-state index contributed by atoms with van der Waals surface area (Å²) in [5, 5.41) is 24.9. The average molecular weight is 377 g/mol. The molecule has 1 saturated carbocycles. The zero-order valence-electron chi connectivity index (χ0n) is 15.5. The van der Waals surface area contributed by atoms with Gasteiger partial charge in [-0.25, -0.2) is 0 Å². The Morgan fingerprint density at radius 3 is 1.59 bits per heavy atom. The van der Waals surface area contributed by atoms with Crippen LogP contribution in [0.4, 0.5) is 11.4 Å². The van der Waals surface area contributed by atoms with Crippen LogP contribution in [0.3, 0.4) is 0 Å². The second-order valence-electron chi connectivity index (χ2n) is 7.18. The Hall–Kier alpha value is -2.51. The fraction of sp³-hybridized carbons (Fsp3) is 0.632. The molecule has 1 aliphatic rings. The van der Waals surface area contributed by atoms with Crippen molar-refractivity contribution in [3.8, 4) is 0 Å². The van der Waals surface area contributed by atoms with Crippen LogP contribution in [-0.2, 0) is 0 Å². The minimum Gasteiger partial charge on any atom is -0.349 e. The van der Waals surface area contributed by atoms with Crippen molar-refractivity contribution in [3.63, 3.8) is 0 Å². The van der Waals surface area contributed by atoms with E-state index in [0.29, 0.717) is 0 Å². The molecule has 0 heterocycles. The van der Waals surface area contributed by atoms with E-state index < -0.39 is 27.1 Å². The van der Waals surface area contributed by atoms with Gasteiger partial charge in [-0.3, -0.25) is 25.0 Å². The van der Waals surface area contributed by atoms with Crippen LogP contribution < -0.4 is 5.32 Å². The van der Waals surface area contributed by atoms with Crippen molar-refractivity contribution < 1.29 is 14.6 Å². The summed E-state index contributed by atoms with van der Waals surface area (Å²) in [5.41, 5.74) is -0.942. The van der Waals surface area contributed by atoms with Crippen molar-refractivity contribution >= 4 is 17.3 Å². The van der Waals surface area contributed by atoms with Gasteiger partial charge in [0.2, 0.25) is 0 Å². The molecule has 1 aromatic rings. The highest BCUT2D eigenvalue weighted by Gasteiger charge is 2.21. The molecular formula is C19H27N3O5. The molecule has 1 aromatic carbocycles. The van der Waals surface area contributed by atoms with Crippen LogP contribution in [0.2, 0.25) is 0 Å². The molecule has 0 aromatic heterocycles. The standard InChI is InChI=1S/C19H27N3O5/c23-19(15-12-17(21(24)25)14-18(13-15)22(26)27)20-16-10-8-6-4-2-1-3-5-7-9-11-16/h12-14,16H,1-11H2,(H,20,23). The third-order valence-corrected chi connectivity index (χ3v) is 5.03. The van der Waals surface area contributed by atoms with E-state index in [4.69, 9.17) is 0 Å². The van der Waals surface area contributed by atoms with Crippen molar-refractivity contribution in [1.82, 2.24) is 5.32 Å². The number of rotatable bonds is 4. The molecule has 8 nitrogen and oxygen atoms in total. The summed E-state index contributed by atoms with van der Waals surface area (Å²) in [6.45, 7) is 0. The van der Waals surface area contributed by atoms with Gasteiger partial charge in [-0.05, 0) is 12.8 Å². The van der Waals surface area contributed by atoms with Gasteiger partial charge in [0.1, 0.15) is 0 Å². The molecular weight excluding hydrogens is 350 g/mol. The van der Waals surface area contributed by atoms with Crippen LogP contribution in [0.25, 0.3) is 0 Å². The first kappa shape index (κ1) is 20.8. The van der Waals surface area contributed by atoms with Crippen molar-refractivity contribution in [3.05, 3.63) is 44.0 Å². The van der Waals surface area contributed by atoms with Gasteiger partial charge in [-0.15, -0.1) is 0 Å². The molecule has 0 saturated heterocycles. The second-order valence-corrected chi connectivity index (χ2v) is 7.18. The van der Waals surface area contributed by atoms with E-state index in [0.717, 1.165) is 56.7 Å². The predicted octanol–water partition coefficient (Wildman–Crippen LogP) is 4.91. The number of non-ortho nitro benzene ring substituents is 2. The Bertz CT molecular complexity index is 633. The minimum atomic E-state index is -0.722. The maximum absolute atomic E-state index is 12.6. The van der Waals surface area contributed by atoms with Crippen molar-refractivity contribution in [2.45, 2.75) is 76.7 Å². The van der Waals surface area contributed by atoms with E-state index in [9.17, 15) is 25.0 Å². The first-order chi connectivity index (χ1) is 13.0. The van der Waals surface area contributed by atoms with E-state index in [-0.39, 0.29) is 11.6 Å². The van der Waals surface area contributed by atoms with E-state index in [1.54, 1.807) is 0 Å². The summed E-state index contributed by atoms with van der Waals surface area (Å²) in [5.74, 6) is -0.487. The number of nitrogens with one attached hydrogen (secondary N) is 1. The van der Waals surface area contributed by atoms with Gasteiger partial charge >= 0.3 is 0 Å². The summed E-state index contributed by atoms with van der Waals surface area (Å²) < 4.78 is 0. The minimum absolute atomic E-state index is 0.00440. The van der Waals surface area contributed by atoms with Crippen LogP contribution >= 0.6 is 0 Å². The zero-order chi connectivity index (χ0) is 19.6. The van der Waals surface area contributed by atoms with Gasteiger partial charge in [0.25, 0.3) is 17.3 Å². The molecule has 148 valence electrons. The predicted molar refractivity (Wildman–Crippen MR) is 102 cm³/mol. The molecule has 0 spiro atoms. The van der Waals surface area contributed by atoms with Crippen molar-refractivity contribution in [2.75, 3.05) is 0 Å². The van der Waals surface area contributed by atoms with E-state index in [1.165, 1.54) is 32.1 Å². The van der Waals surface area contributed by atoms with Gasteiger partial charge in [0, 0.05) is 18.2 Å². The zero-order valence-corrected chi connectivity index (χ0v) is 15.5. The molecule has 0 unspecified atom stereocenters. The quantitative estimate of drug-likeness (QED) is 0.591. The smallest absolute Gasteiger partial charge is 0.277 e. The third kappa shape index (κ3) is 6.96. The summed E-state index contributed by atoms with van der Waals surface area (Å²) in [7, 11) is 0. The van der Waals surface area contributed by atoms with Gasteiger partial charge in [0.05, 0.1) is 21.5 Å². The summed E-state index contributed by atoms with van der Waals surface area (Å²) in [6.07, 6.45) is 12.3. The van der Waals surface area contributed by atoms with Crippen molar-refractivity contribution in [2.24, 2.45) is 0 Å². The van der Waals surface area contributed by atoms with Crippen LogP contribution in [0, 0.1) is 20.2 Å². The molecule has 1 amide bonds. The number of carbonyl (C=O) groups is 1. The monoisotopic (exact) mass is 377 g/mol. The summed E-state index contributed by atoms with van der Waals surface area (Å²) in [4.78, 5) is 33.1. The van der Waals surface area contributed by atoms with E-state index in [2.05, 4.69) is 5.32 Å². The number of nitro groups is 2. The normalized spacial score (nSPS) is 17.3. The first-order valence-electron chi connectivity index (χ1n) is 9.72. The Labute approximate surface area is 158 Å². The molecule has 27 heavy (non-hydrogen) atoms. The molecule has 1 N–H and O–H groups in total. The van der Waals surface area contributed by atoms with Gasteiger partial charge < -0.3 is 5.32 Å². The Kier molecular flexibility index (Phi) is 8.16. The van der Waals surface area contributed by atoms with Crippen LogP contribution in [0.1, 0.15) is 81.0 Å². The number of benzene rings is 1. The maximum Gasteiger partial charge on any atom is 0.277 e.